The fourth-order valence-electron chi connectivity index (χ4n) is 3.25. The molecule has 156 valence electrons. The van der Waals surface area contributed by atoms with E-state index in [-0.39, 0.29) is 17.8 Å². The smallest absolute Gasteiger partial charge is 0.323 e. The second-order valence-electron chi connectivity index (χ2n) is 7.03. The van der Waals surface area contributed by atoms with Crippen LogP contribution in [-0.4, -0.2) is 53.8 Å². The average molecular weight is 406 g/mol. The van der Waals surface area contributed by atoms with Crippen molar-refractivity contribution in [1.29, 1.82) is 0 Å². The van der Waals surface area contributed by atoms with Crippen LogP contribution in [-0.2, 0) is 11.2 Å². The molecule has 3 rings (SSSR count). The highest BCUT2D eigenvalue weighted by molar-refractivity contribution is 6.00. The number of amides is 4. The second kappa shape index (κ2) is 9.73. The fourth-order valence-corrected chi connectivity index (χ4v) is 3.25. The molecule has 1 heterocycles. The van der Waals surface area contributed by atoms with E-state index in [4.69, 9.17) is 0 Å². The van der Waals surface area contributed by atoms with Gasteiger partial charge in [0.1, 0.15) is 0 Å². The molecule has 1 aliphatic heterocycles. The van der Waals surface area contributed by atoms with Crippen molar-refractivity contribution in [1.82, 2.24) is 9.80 Å². The van der Waals surface area contributed by atoms with Crippen molar-refractivity contribution in [3.05, 3.63) is 72.3 Å². The highest BCUT2D eigenvalue weighted by atomic mass is 16.2. The van der Waals surface area contributed by atoms with Crippen LogP contribution in [0.15, 0.2) is 61.2 Å². The monoisotopic (exact) mass is 406 g/mol. The lowest BCUT2D eigenvalue weighted by molar-refractivity contribution is -0.127. The Bertz CT molecular complexity index is 914. The summed E-state index contributed by atoms with van der Waals surface area (Å²) in [6.07, 6.45) is 2.24. The van der Waals surface area contributed by atoms with E-state index < -0.39 is 0 Å². The maximum atomic E-state index is 12.7. The van der Waals surface area contributed by atoms with Crippen LogP contribution in [0.3, 0.4) is 0 Å². The van der Waals surface area contributed by atoms with Gasteiger partial charge in [0, 0.05) is 43.1 Å². The number of carbonyl (C=O) groups is 3. The second-order valence-corrected chi connectivity index (χ2v) is 7.03. The van der Waals surface area contributed by atoms with Crippen LogP contribution >= 0.6 is 0 Å². The topological polar surface area (TPSA) is 81.8 Å². The highest BCUT2D eigenvalue weighted by Crippen LogP contribution is 2.15. The molecule has 0 aliphatic carbocycles. The van der Waals surface area contributed by atoms with E-state index in [1.165, 1.54) is 11.6 Å². The molecular weight excluding hydrogens is 380 g/mol. The Labute approximate surface area is 176 Å². The largest absolute Gasteiger partial charge is 0.336 e. The molecule has 0 spiro atoms. The molecule has 1 aliphatic rings. The summed E-state index contributed by atoms with van der Waals surface area (Å²) in [7, 11) is 0. The number of rotatable bonds is 5. The van der Waals surface area contributed by atoms with Gasteiger partial charge in [-0.1, -0.05) is 25.6 Å². The Kier molecular flexibility index (Phi) is 6.85. The van der Waals surface area contributed by atoms with Gasteiger partial charge < -0.3 is 20.4 Å². The summed E-state index contributed by atoms with van der Waals surface area (Å²) in [5.41, 5.74) is 3.05. The first-order chi connectivity index (χ1) is 14.5. The number of carbonyl (C=O) groups excluding carboxylic acids is 3. The molecule has 0 atom stereocenters. The van der Waals surface area contributed by atoms with Crippen LogP contribution in [0.5, 0.6) is 0 Å². The summed E-state index contributed by atoms with van der Waals surface area (Å²) in [4.78, 5) is 39.9. The number of benzene rings is 2. The van der Waals surface area contributed by atoms with Gasteiger partial charge in [0.05, 0.1) is 0 Å². The third-order valence-corrected chi connectivity index (χ3v) is 5.06. The zero-order valence-electron chi connectivity index (χ0n) is 17.1. The molecule has 2 aromatic rings. The van der Waals surface area contributed by atoms with Crippen LogP contribution in [0.4, 0.5) is 16.2 Å². The summed E-state index contributed by atoms with van der Waals surface area (Å²) in [6.45, 7) is 7.53. The van der Waals surface area contributed by atoms with Gasteiger partial charge in [-0.2, -0.15) is 0 Å². The third kappa shape index (κ3) is 5.26. The molecule has 2 aromatic carbocycles. The van der Waals surface area contributed by atoms with Crippen LogP contribution in [0.2, 0.25) is 0 Å². The molecule has 7 heteroatoms. The molecule has 0 radical (unpaired) electrons. The van der Waals surface area contributed by atoms with Gasteiger partial charge in [-0.25, -0.2) is 4.79 Å². The van der Waals surface area contributed by atoms with Gasteiger partial charge >= 0.3 is 6.03 Å². The Hall–Kier alpha value is -3.61. The van der Waals surface area contributed by atoms with Gasteiger partial charge in [-0.15, -0.1) is 0 Å². The maximum Gasteiger partial charge on any atom is 0.323 e. The Morgan fingerprint density at radius 1 is 0.867 bits per heavy atom. The van der Waals surface area contributed by atoms with Crippen LogP contribution < -0.4 is 10.6 Å². The molecule has 0 bridgehead atoms. The van der Waals surface area contributed by atoms with E-state index >= 15 is 0 Å². The minimum absolute atomic E-state index is 0.0901. The molecule has 30 heavy (non-hydrogen) atoms. The van der Waals surface area contributed by atoms with Crippen molar-refractivity contribution in [2.45, 2.75) is 13.3 Å². The molecule has 0 aromatic heterocycles. The molecule has 1 fully saturated rings. The predicted octanol–water partition coefficient (Wildman–Crippen LogP) is 3.36. The van der Waals surface area contributed by atoms with E-state index in [0.717, 1.165) is 6.42 Å². The molecule has 1 saturated heterocycles. The zero-order valence-corrected chi connectivity index (χ0v) is 17.1. The molecule has 0 saturated carbocycles. The number of nitrogens with one attached hydrogen (secondary N) is 2. The van der Waals surface area contributed by atoms with Crippen molar-refractivity contribution in [2.75, 3.05) is 36.8 Å². The lowest BCUT2D eigenvalue weighted by atomic mass is 10.1. The zero-order chi connectivity index (χ0) is 21.5. The van der Waals surface area contributed by atoms with Crippen molar-refractivity contribution in [3.63, 3.8) is 0 Å². The highest BCUT2D eigenvalue weighted by Gasteiger charge is 2.23. The van der Waals surface area contributed by atoms with Crippen molar-refractivity contribution in [2.24, 2.45) is 0 Å². The minimum atomic E-state index is -0.346. The molecular formula is C23H26N4O3. The summed E-state index contributed by atoms with van der Waals surface area (Å²) < 4.78 is 0. The minimum Gasteiger partial charge on any atom is -0.336 e. The molecule has 2 N–H and O–H groups in total. The van der Waals surface area contributed by atoms with Crippen LogP contribution in [0, 0.1) is 0 Å². The van der Waals surface area contributed by atoms with Crippen LogP contribution in [0.1, 0.15) is 22.8 Å². The molecule has 4 amide bonds. The van der Waals surface area contributed by atoms with E-state index in [1.807, 2.05) is 24.3 Å². The van der Waals surface area contributed by atoms with Gasteiger partial charge in [-0.3, -0.25) is 9.59 Å². The van der Waals surface area contributed by atoms with E-state index in [1.54, 1.807) is 34.1 Å². The summed E-state index contributed by atoms with van der Waals surface area (Å²) in [6, 6.07) is 14.1. The lowest BCUT2D eigenvalue weighted by Crippen LogP contribution is -2.50. The molecule has 7 nitrogen and oxygen atoms in total. The van der Waals surface area contributed by atoms with Gasteiger partial charge in [-0.05, 0) is 54.5 Å². The van der Waals surface area contributed by atoms with Crippen molar-refractivity contribution in [3.8, 4) is 0 Å². The summed E-state index contributed by atoms with van der Waals surface area (Å²) in [5.74, 6) is -0.204. The van der Waals surface area contributed by atoms with Crippen LogP contribution in [0.25, 0.3) is 0 Å². The third-order valence-electron chi connectivity index (χ3n) is 5.06. The number of hydrogen-bond acceptors (Lipinski definition) is 3. The van der Waals surface area contributed by atoms with Gasteiger partial charge in [0.15, 0.2) is 0 Å². The number of piperazine rings is 1. The Balaban J connectivity index is 1.52. The number of anilines is 2. The first-order valence-corrected chi connectivity index (χ1v) is 9.97. The van der Waals surface area contributed by atoms with Gasteiger partial charge in [0.2, 0.25) is 5.91 Å². The first kappa shape index (κ1) is 21.1. The van der Waals surface area contributed by atoms with E-state index in [0.29, 0.717) is 43.1 Å². The SMILES string of the molecule is C=CC(=O)N1CCN(C(=O)c2ccc(NC(=O)Nc3ccc(CC)cc3)cc2)CC1. The quantitative estimate of drug-likeness (QED) is 0.747. The summed E-state index contributed by atoms with van der Waals surface area (Å²) in [5, 5.41) is 5.55. The lowest BCUT2D eigenvalue weighted by Gasteiger charge is -2.34. The predicted molar refractivity (Wildman–Crippen MR) is 118 cm³/mol. The number of hydrogen-bond donors (Lipinski definition) is 2. The number of aryl methyl sites for hydroxylation is 1. The van der Waals surface area contributed by atoms with Crippen molar-refractivity contribution < 1.29 is 14.4 Å². The van der Waals surface area contributed by atoms with E-state index in [9.17, 15) is 14.4 Å². The normalized spacial score (nSPS) is 13.5. The van der Waals surface area contributed by atoms with E-state index in [2.05, 4.69) is 24.1 Å². The number of urea groups is 1. The molecule has 0 unspecified atom stereocenters. The Morgan fingerprint density at radius 2 is 1.37 bits per heavy atom. The average Bonchev–Trinajstić information content (AvgIpc) is 2.79. The fraction of sp³-hybridized carbons (Fsp3) is 0.261. The standard InChI is InChI=1S/C23H26N4O3/c1-3-17-5-9-19(10-6-17)24-23(30)25-20-11-7-18(8-12-20)22(29)27-15-13-26(14-16-27)21(28)4-2/h4-12H,2-3,13-16H2,1H3,(H2,24,25,30). The maximum absolute atomic E-state index is 12.7. The Morgan fingerprint density at radius 3 is 1.87 bits per heavy atom. The summed E-state index contributed by atoms with van der Waals surface area (Å²) >= 11 is 0. The number of nitrogens with zero attached hydrogens (tertiary/aromatic N) is 2. The first-order valence-electron chi connectivity index (χ1n) is 9.97. The van der Waals surface area contributed by atoms with Gasteiger partial charge in [0.25, 0.3) is 5.91 Å². The van der Waals surface area contributed by atoms with Crippen molar-refractivity contribution >= 4 is 29.2 Å².